The van der Waals surface area contributed by atoms with Gasteiger partial charge in [-0.3, -0.25) is 4.79 Å². The topological polar surface area (TPSA) is 49.3 Å². The molecule has 0 saturated carbocycles. The fraction of sp³-hybridized carbons (Fsp3) is 0.133. The second-order valence-corrected chi connectivity index (χ2v) is 4.70. The molecule has 0 aromatic heterocycles. The SMILES string of the molecule is Cc1cc(O)ccc1NC(=O)C(Cl)c1ccccc1. The van der Waals surface area contributed by atoms with Crippen LogP contribution in [0.2, 0.25) is 0 Å². The quantitative estimate of drug-likeness (QED) is 0.664. The summed E-state index contributed by atoms with van der Waals surface area (Å²) in [6, 6.07) is 13.9. The van der Waals surface area contributed by atoms with Gasteiger partial charge in [0, 0.05) is 5.69 Å². The van der Waals surface area contributed by atoms with Gasteiger partial charge in [0.25, 0.3) is 0 Å². The second kappa shape index (κ2) is 5.76. The van der Waals surface area contributed by atoms with Gasteiger partial charge in [-0.2, -0.15) is 0 Å². The maximum atomic E-state index is 12.0. The molecule has 2 aromatic rings. The molecular weight excluding hydrogens is 262 g/mol. The van der Waals surface area contributed by atoms with E-state index in [-0.39, 0.29) is 11.7 Å². The number of carbonyl (C=O) groups is 1. The summed E-state index contributed by atoms with van der Waals surface area (Å²) in [4.78, 5) is 12.0. The highest BCUT2D eigenvalue weighted by Gasteiger charge is 2.17. The van der Waals surface area contributed by atoms with E-state index in [0.717, 1.165) is 11.1 Å². The zero-order chi connectivity index (χ0) is 13.8. The Kier molecular flexibility index (Phi) is 4.07. The van der Waals surface area contributed by atoms with E-state index in [1.54, 1.807) is 31.2 Å². The fourth-order valence-corrected chi connectivity index (χ4v) is 1.96. The number of rotatable bonds is 3. The standard InChI is InChI=1S/C15H14ClNO2/c1-10-9-12(18)7-8-13(10)17-15(19)14(16)11-5-3-2-4-6-11/h2-9,14,18H,1H3,(H,17,19). The van der Waals surface area contributed by atoms with Gasteiger partial charge in [0.2, 0.25) is 5.91 Å². The van der Waals surface area contributed by atoms with E-state index in [9.17, 15) is 9.90 Å². The summed E-state index contributed by atoms with van der Waals surface area (Å²) >= 11 is 6.13. The molecule has 2 aromatic carbocycles. The molecule has 0 bridgehead atoms. The van der Waals surface area contributed by atoms with E-state index < -0.39 is 5.38 Å². The van der Waals surface area contributed by atoms with Crippen molar-refractivity contribution in [3.63, 3.8) is 0 Å². The highest BCUT2D eigenvalue weighted by atomic mass is 35.5. The first-order valence-corrected chi connectivity index (χ1v) is 6.31. The first-order valence-electron chi connectivity index (χ1n) is 5.87. The van der Waals surface area contributed by atoms with E-state index in [1.807, 2.05) is 18.2 Å². The Labute approximate surface area is 116 Å². The molecule has 3 nitrogen and oxygen atoms in total. The van der Waals surface area contributed by atoms with Crippen molar-refractivity contribution in [3.05, 3.63) is 59.7 Å². The van der Waals surface area contributed by atoms with E-state index in [4.69, 9.17) is 11.6 Å². The van der Waals surface area contributed by atoms with Crippen LogP contribution in [0.25, 0.3) is 0 Å². The lowest BCUT2D eigenvalue weighted by Crippen LogP contribution is -2.17. The average Bonchev–Trinajstić information content (AvgIpc) is 2.42. The molecule has 1 atom stereocenters. The number of alkyl halides is 1. The van der Waals surface area contributed by atoms with E-state index >= 15 is 0 Å². The molecule has 0 fully saturated rings. The molecule has 0 spiro atoms. The van der Waals surface area contributed by atoms with Crippen LogP contribution in [-0.4, -0.2) is 11.0 Å². The maximum Gasteiger partial charge on any atom is 0.246 e. The van der Waals surface area contributed by atoms with Crippen LogP contribution in [0, 0.1) is 6.92 Å². The largest absolute Gasteiger partial charge is 0.508 e. The van der Waals surface area contributed by atoms with Crippen molar-refractivity contribution < 1.29 is 9.90 Å². The Hall–Kier alpha value is -2.00. The lowest BCUT2D eigenvalue weighted by molar-refractivity contribution is -0.116. The predicted octanol–water partition coefficient (Wildman–Crippen LogP) is 3.62. The Morgan fingerprint density at radius 1 is 1.21 bits per heavy atom. The number of aromatic hydroxyl groups is 1. The van der Waals surface area contributed by atoms with Gasteiger partial charge in [-0.05, 0) is 36.2 Å². The summed E-state index contributed by atoms with van der Waals surface area (Å²) in [6.45, 7) is 1.81. The van der Waals surface area contributed by atoms with Crippen LogP contribution >= 0.6 is 11.6 Å². The smallest absolute Gasteiger partial charge is 0.246 e. The van der Waals surface area contributed by atoms with Gasteiger partial charge in [-0.1, -0.05) is 30.3 Å². The van der Waals surface area contributed by atoms with Crippen LogP contribution in [0.15, 0.2) is 48.5 Å². The number of phenolic OH excluding ortho intramolecular Hbond substituents is 1. The molecule has 0 aliphatic heterocycles. The van der Waals surface area contributed by atoms with Crippen molar-refractivity contribution in [1.29, 1.82) is 0 Å². The van der Waals surface area contributed by atoms with Gasteiger partial charge in [0.1, 0.15) is 11.1 Å². The van der Waals surface area contributed by atoms with Gasteiger partial charge in [0.15, 0.2) is 0 Å². The molecule has 0 saturated heterocycles. The van der Waals surface area contributed by atoms with Crippen LogP contribution in [0.4, 0.5) is 5.69 Å². The maximum absolute atomic E-state index is 12.0. The fourth-order valence-electron chi connectivity index (χ4n) is 1.76. The van der Waals surface area contributed by atoms with E-state index in [2.05, 4.69) is 5.32 Å². The number of amides is 1. The summed E-state index contributed by atoms with van der Waals surface area (Å²) in [5.41, 5.74) is 2.17. The van der Waals surface area contributed by atoms with Crippen LogP contribution in [-0.2, 0) is 4.79 Å². The highest BCUT2D eigenvalue weighted by molar-refractivity contribution is 6.32. The van der Waals surface area contributed by atoms with Crippen LogP contribution < -0.4 is 5.32 Å². The molecular formula is C15H14ClNO2. The number of hydrogen-bond donors (Lipinski definition) is 2. The van der Waals surface area contributed by atoms with Crippen molar-refractivity contribution in [2.45, 2.75) is 12.3 Å². The van der Waals surface area contributed by atoms with Crippen LogP contribution in [0.5, 0.6) is 5.75 Å². The van der Waals surface area contributed by atoms with Crippen molar-refractivity contribution in [1.82, 2.24) is 0 Å². The summed E-state index contributed by atoms with van der Waals surface area (Å²) in [5, 5.41) is 11.3. The predicted molar refractivity (Wildman–Crippen MR) is 76.5 cm³/mol. The lowest BCUT2D eigenvalue weighted by atomic mass is 10.1. The Morgan fingerprint density at radius 2 is 1.89 bits per heavy atom. The minimum atomic E-state index is -0.741. The van der Waals surface area contributed by atoms with Gasteiger partial charge in [-0.25, -0.2) is 0 Å². The third-order valence-electron chi connectivity index (χ3n) is 2.79. The number of carbonyl (C=O) groups excluding carboxylic acids is 1. The zero-order valence-corrected chi connectivity index (χ0v) is 11.2. The molecule has 4 heteroatoms. The summed E-state index contributed by atoms with van der Waals surface area (Å²) in [5.74, 6) is -0.123. The molecule has 0 aliphatic carbocycles. The number of anilines is 1. The molecule has 1 unspecified atom stereocenters. The van der Waals surface area contributed by atoms with E-state index in [1.165, 1.54) is 6.07 Å². The number of hydrogen-bond acceptors (Lipinski definition) is 2. The van der Waals surface area contributed by atoms with E-state index in [0.29, 0.717) is 5.69 Å². The Balaban J connectivity index is 2.13. The van der Waals surface area contributed by atoms with Crippen LogP contribution in [0.1, 0.15) is 16.5 Å². The minimum Gasteiger partial charge on any atom is -0.508 e. The minimum absolute atomic E-state index is 0.168. The van der Waals surface area contributed by atoms with Crippen molar-refractivity contribution in [2.75, 3.05) is 5.32 Å². The van der Waals surface area contributed by atoms with Gasteiger partial charge in [-0.15, -0.1) is 11.6 Å². The number of aryl methyl sites for hydroxylation is 1. The Morgan fingerprint density at radius 3 is 2.53 bits per heavy atom. The molecule has 0 heterocycles. The summed E-state index contributed by atoms with van der Waals surface area (Å²) in [7, 11) is 0. The molecule has 2 N–H and O–H groups in total. The monoisotopic (exact) mass is 275 g/mol. The number of benzene rings is 2. The number of nitrogens with one attached hydrogen (secondary N) is 1. The first kappa shape index (κ1) is 13.4. The summed E-state index contributed by atoms with van der Waals surface area (Å²) in [6.07, 6.45) is 0. The first-order chi connectivity index (χ1) is 9.08. The molecule has 2 rings (SSSR count). The third-order valence-corrected chi connectivity index (χ3v) is 3.24. The molecule has 0 radical (unpaired) electrons. The van der Waals surface area contributed by atoms with Crippen molar-refractivity contribution in [3.8, 4) is 5.75 Å². The molecule has 0 aliphatic rings. The second-order valence-electron chi connectivity index (χ2n) is 4.26. The average molecular weight is 276 g/mol. The lowest BCUT2D eigenvalue weighted by Gasteiger charge is -2.12. The van der Waals surface area contributed by atoms with Gasteiger partial charge in [0.05, 0.1) is 0 Å². The number of phenols is 1. The van der Waals surface area contributed by atoms with Crippen LogP contribution in [0.3, 0.4) is 0 Å². The zero-order valence-electron chi connectivity index (χ0n) is 10.4. The van der Waals surface area contributed by atoms with Crippen molar-refractivity contribution >= 4 is 23.2 Å². The third kappa shape index (κ3) is 3.26. The molecule has 1 amide bonds. The van der Waals surface area contributed by atoms with Gasteiger partial charge >= 0.3 is 0 Å². The Bertz CT molecular complexity index is 584. The molecule has 19 heavy (non-hydrogen) atoms. The molecule has 98 valence electrons. The van der Waals surface area contributed by atoms with Crippen molar-refractivity contribution in [2.24, 2.45) is 0 Å². The highest BCUT2D eigenvalue weighted by Crippen LogP contribution is 2.25. The normalized spacial score (nSPS) is 11.9. The van der Waals surface area contributed by atoms with Gasteiger partial charge < -0.3 is 10.4 Å². The number of halogens is 1. The summed E-state index contributed by atoms with van der Waals surface area (Å²) < 4.78 is 0.